The Bertz CT molecular complexity index is 817. The summed E-state index contributed by atoms with van der Waals surface area (Å²) in [6.07, 6.45) is 2.39. The number of aromatic nitrogens is 2. The maximum atomic E-state index is 12.3. The molecule has 0 unspecified atom stereocenters. The van der Waals surface area contributed by atoms with Gasteiger partial charge in [0.05, 0.1) is 12.8 Å². The second-order valence-corrected chi connectivity index (χ2v) is 5.64. The van der Waals surface area contributed by atoms with Crippen molar-refractivity contribution in [2.75, 3.05) is 11.9 Å². The first kappa shape index (κ1) is 16.7. The van der Waals surface area contributed by atoms with E-state index in [1.165, 1.54) is 5.56 Å². The lowest BCUT2D eigenvalue weighted by Crippen LogP contribution is -2.27. The van der Waals surface area contributed by atoms with Crippen molar-refractivity contribution in [3.63, 3.8) is 0 Å². The monoisotopic (exact) mass is 336 g/mol. The van der Waals surface area contributed by atoms with Gasteiger partial charge < -0.3 is 15.1 Å². The van der Waals surface area contributed by atoms with Gasteiger partial charge in [-0.2, -0.15) is 0 Å². The zero-order valence-electron chi connectivity index (χ0n) is 14.0. The van der Waals surface area contributed by atoms with Crippen LogP contribution in [0.2, 0.25) is 0 Å². The van der Waals surface area contributed by atoms with E-state index in [2.05, 4.69) is 20.6 Å². The predicted molar refractivity (Wildman–Crippen MR) is 95.3 cm³/mol. The highest BCUT2D eigenvalue weighted by molar-refractivity contribution is 5.92. The zero-order chi connectivity index (χ0) is 17.5. The minimum Gasteiger partial charge on any atom is -0.467 e. The molecule has 3 aromatic rings. The van der Waals surface area contributed by atoms with Gasteiger partial charge >= 0.3 is 0 Å². The molecule has 0 aliphatic rings. The Morgan fingerprint density at radius 1 is 1.12 bits per heavy atom. The fraction of sp³-hybridized carbons (Fsp3) is 0.211. The molecule has 0 radical (unpaired) electrons. The Morgan fingerprint density at radius 2 is 1.96 bits per heavy atom. The predicted octanol–water partition coefficient (Wildman–Crippen LogP) is 2.96. The van der Waals surface area contributed by atoms with E-state index in [1.807, 2.05) is 49.4 Å². The SMILES string of the molecule is Cc1cc(C(=O)NCCc2ccccc2)nc(NCc2ccco2)n1. The van der Waals surface area contributed by atoms with Gasteiger partial charge in [-0.3, -0.25) is 4.79 Å². The van der Waals surface area contributed by atoms with E-state index in [9.17, 15) is 4.79 Å². The number of furan rings is 1. The van der Waals surface area contributed by atoms with Gasteiger partial charge in [0.1, 0.15) is 11.5 Å². The van der Waals surface area contributed by atoms with Crippen LogP contribution in [0.5, 0.6) is 0 Å². The van der Waals surface area contributed by atoms with Crippen LogP contribution < -0.4 is 10.6 Å². The molecule has 2 aromatic heterocycles. The average Bonchev–Trinajstić information content (AvgIpc) is 3.14. The third kappa shape index (κ3) is 4.91. The van der Waals surface area contributed by atoms with E-state index < -0.39 is 0 Å². The quantitative estimate of drug-likeness (QED) is 0.693. The molecule has 0 saturated carbocycles. The van der Waals surface area contributed by atoms with Crippen molar-refractivity contribution in [1.29, 1.82) is 0 Å². The second kappa shape index (κ2) is 8.10. The van der Waals surface area contributed by atoms with Gasteiger partial charge in [-0.05, 0) is 37.1 Å². The third-order valence-electron chi connectivity index (χ3n) is 3.63. The molecule has 1 amide bonds. The number of benzene rings is 1. The molecule has 0 aliphatic heterocycles. The number of carbonyl (C=O) groups excluding carboxylic acids is 1. The minimum absolute atomic E-state index is 0.206. The average molecular weight is 336 g/mol. The standard InChI is InChI=1S/C19H20N4O2/c1-14-12-17(18(24)20-10-9-15-6-3-2-4-7-15)23-19(22-14)21-13-16-8-5-11-25-16/h2-8,11-12H,9-10,13H2,1H3,(H,20,24)(H,21,22,23). The van der Waals surface area contributed by atoms with Gasteiger partial charge in [0, 0.05) is 12.2 Å². The summed E-state index contributed by atoms with van der Waals surface area (Å²) in [6.45, 7) is 2.85. The fourth-order valence-electron chi connectivity index (χ4n) is 2.40. The van der Waals surface area contributed by atoms with Gasteiger partial charge in [0.25, 0.3) is 5.91 Å². The molecule has 6 heteroatoms. The highest BCUT2D eigenvalue weighted by Gasteiger charge is 2.10. The van der Waals surface area contributed by atoms with Gasteiger partial charge in [0.2, 0.25) is 5.95 Å². The number of aryl methyl sites for hydroxylation is 1. The second-order valence-electron chi connectivity index (χ2n) is 5.64. The largest absolute Gasteiger partial charge is 0.467 e. The van der Waals surface area contributed by atoms with Crippen molar-refractivity contribution in [2.45, 2.75) is 19.9 Å². The number of nitrogens with zero attached hydrogens (tertiary/aromatic N) is 2. The molecule has 0 atom stereocenters. The summed E-state index contributed by atoms with van der Waals surface area (Å²) in [6, 6.07) is 15.4. The maximum absolute atomic E-state index is 12.3. The summed E-state index contributed by atoms with van der Waals surface area (Å²) in [5, 5.41) is 5.97. The van der Waals surface area contributed by atoms with Crippen LogP contribution in [0.3, 0.4) is 0 Å². The number of anilines is 1. The summed E-state index contributed by atoms with van der Waals surface area (Å²) in [5.41, 5.74) is 2.26. The van der Waals surface area contributed by atoms with E-state index in [-0.39, 0.29) is 5.91 Å². The lowest BCUT2D eigenvalue weighted by molar-refractivity contribution is 0.0949. The molecule has 6 nitrogen and oxygen atoms in total. The van der Waals surface area contributed by atoms with Gasteiger partial charge in [-0.15, -0.1) is 0 Å². The topological polar surface area (TPSA) is 80.0 Å². The molecule has 0 aliphatic carbocycles. The van der Waals surface area contributed by atoms with Crippen LogP contribution >= 0.6 is 0 Å². The Balaban J connectivity index is 1.57. The number of rotatable bonds is 7. The van der Waals surface area contributed by atoms with Crippen LogP contribution in [-0.2, 0) is 13.0 Å². The van der Waals surface area contributed by atoms with Crippen molar-refractivity contribution in [1.82, 2.24) is 15.3 Å². The number of hydrogen-bond acceptors (Lipinski definition) is 5. The zero-order valence-corrected chi connectivity index (χ0v) is 14.0. The smallest absolute Gasteiger partial charge is 0.270 e. The van der Waals surface area contributed by atoms with E-state index in [4.69, 9.17) is 4.42 Å². The maximum Gasteiger partial charge on any atom is 0.270 e. The summed E-state index contributed by atoms with van der Waals surface area (Å²) < 4.78 is 5.26. The summed E-state index contributed by atoms with van der Waals surface area (Å²) >= 11 is 0. The lowest BCUT2D eigenvalue weighted by atomic mass is 10.1. The molecule has 25 heavy (non-hydrogen) atoms. The molecule has 0 spiro atoms. The van der Waals surface area contributed by atoms with Gasteiger partial charge in [0.15, 0.2) is 0 Å². The molecule has 0 saturated heterocycles. The Hall–Kier alpha value is -3.15. The third-order valence-corrected chi connectivity index (χ3v) is 3.63. The highest BCUT2D eigenvalue weighted by Crippen LogP contribution is 2.08. The van der Waals surface area contributed by atoms with Gasteiger partial charge in [-0.1, -0.05) is 30.3 Å². The molecule has 2 heterocycles. The molecular formula is C19H20N4O2. The van der Waals surface area contributed by atoms with Crippen LogP contribution in [0.1, 0.15) is 27.5 Å². The lowest BCUT2D eigenvalue weighted by Gasteiger charge is -2.08. The fourth-order valence-corrected chi connectivity index (χ4v) is 2.40. The molecular weight excluding hydrogens is 316 g/mol. The Labute approximate surface area is 146 Å². The molecule has 2 N–H and O–H groups in total. The van der Waals surface area contributed by atoms with E-state index in [0.29, 0.717) is 24.7 Å². The number of nitrogens with one attached hydrogen (secondary N) is 2. The van der Waals surface area contributed by atoms with E-state index >= 15 is 0 Å². The number of amides is 1. The number of hydrogen-bond donors (Lipinski definition) is 2. The molecule has 0 fully saturated rings. The molecule has 1 aromatic carbocycles. The van der Waals surface area contributed by atoms with Crippen molar-refractivity contribution < 1.29 is 9.21 Å². The first-order chi connectivity index (χ1) is 12.2. The van der Waals surface area contributed by atoms with Crippen LogP contribution in [0.25, 0.3) is 0 Å². The van der Waals surface area contributed by atoms with Crippen LogP contribution in [0, 0.1) is 6.92 Å². The van der Waals surface area contributed by atoms with Crippen molar-refractivity contribution >= 4 is 11.9 Å². The molecule has 0 bridgehead atoms. The van der Waals surface area contributed by atoms with Crippen molar-refractivity contribution in [3.05, 3.63) is 77.5 Å². The van der Waals surface area contributed by atoms with Crippen LogP contribution in [-0.4, -0.2) is 22.4 Å². The minimum atomic E-state index is -0.206. The normalized spacial score (nSPS) is 10.4. The first-order valence-corrected chi connectivity index (χ1v) is 8.15. The van der Waals surface area contributed by atoms with E-state index in [0.717, 1.165) is 17.9 Å². The van der Waals surface area contributed by atoms with Crippen LogP contribution in [0.4, 0.5) is 5.95 Å². The van der Waals surface area contributed by atoms with Crippen molar-refractivity contribution in [3.8, 4) is 0 Å². The summed E-state index contributed by atoms with van der Waals surface area (Å²) in [7, 11) is 0. The van der Waals surface area contributed by atoms with Crippen molar-refractivity contribution in [2.24, 2.45) is 0 Å². The van der Waals surface area contributed by atoms with Crippen LogP contribution in [0.15, 0.2) is 59.2 Å². The Kier molecular flexibility index (Phi) is 5.41. The highest BCUT2D eigenvalue weighted by atomic mass is 16.3. The summed E-state index contributed by atoms with van der Waals surface area (Å²) in [5.74, 6) is 0.978. The Morgan fingerprint density at radius 3 is 2.72 bits per heavy atom. The molecule has 3 rings (SSSR count). The van der Waals surface area contributed by atoms with Gasteiger partial charge in [-0.25, -0.2) is 9.97 Å². The molecule has 128 valence electrons. The summed E-state index contributed by atoms with van der Waals surface area (Å²) in [4.78, 5) is 20.9. The first-order valence-electron chi connectivity index (χ1n) is 8.15. The van der Waals surface area contributed by atoms with E-state index in [1.54, 1.807) is 12.3 Å². The number of carbonyl (C=O) groups is 1.